The summed E-state index contributed by atoms with van der Waals surface area (Å²) in [7, 11) is 0. The molecular formula is C14H20N2O2. The fraction of sp³-hybridized carbons (Fsp3) is 0.643. The third-order valence-corrected chi connectivity index (χ3v) is 3.74. The topological polar surface area (TPSA) is 43.4 Å². The Morgan fingerprint density at radius 2 is 2.00 bits per heavy atom. The Bertz CT molecular complexity index is 487. The molecule has 0 aromatic carbocycles. The molecule has 3 rings (SSSR count). The molecular weight excluding hydrogens is 228 g/mol. The summed E-state index contributed by atoms with van der Waals surface area (Å²) >= 11 is 0. The average molecular weight is 248 g/mol. The number of nitrogens with zero attached hydrogens (tertiary/aromatic N) is 1. The Balaban J connectivity index is 2.04. The highest BCUT2D eigenvalue weighted by molar-refractivity contribution is 5.64. The average Bonchev–Trinajstić information content (AvgIpc) is 2.25. The van der Waals surface area contributed by atoms with Crippen molar-refractivity contribution in [2.45, 2.75) is 38.6 Å². The summed E-state index contributed by atoms with van der Waals surface area (Å²) in [6, 6.07) is 0. The van der Waals surface area contributed by atoms with E-state index in [0.29, 0.717) is 19.8 Å². The summed E-state index contributed by atoms with van der Waals surface area (Å²) in [5.74, 6) is 0.720. The molecule has 2 aliphatic heterocycles. The van der Waals surface area contributed by atoms with Crippen molar-refractivity contribution in [1.29, 1.82) is 0 Å². The van der Waals surface area contributed by atoms with E-state index in [0.717, 1.165) is 11.6 Å². The Kier molecular flexibility index (Phi) is 2.36. The van der Waals surface area contributed by atoms with Gasteiger partial charge in [-0.3, -0.25) is 0 Å². The normalized spacial score (nSPS) is 20.7. The maximum Gasteiger partial charge on any atom is 0.237 e. The summed E-state index contributed by atoms with van der Waals surface area (Å²) in [5, 5.41) is 3.58. The highest BCUT2D eigenvalue weighted by Gasteiger charge is 2.43. The molecule has 3 heterocycles. The minimum absolute atomic E-state index is 0.0318. The van der Waals surface area contributed by atoms with Crippen molar-refractivity contribution in [3.63, 3.8) is 0 Å². The van der Waals surface area contributed by atoms with Gasteiger partial charge >= 0.3 is 0 Å². The van der Waals surface area contributed by atoms with Crippen LogP contribution < -0.4 is 10.1 Å². The molecule has 18 heavy (non-hydrogen) atoms. The van der Waals surface area contributed by atoms with Gasteiger partial charge in [0.05, 0.1) is 13.2 Å². The summed E-state index contributed by atoms with van der Waals surface area (Å²) < 4.78 is 11.1. The van der Waals surface area contributed by atoms with E-state index in [4.69, 9.17) is 9.47 Å². The molecule has 0 radical (unpaired) electrons. The summed E-state index contributed by atoms with van der Waals surface area (Å²) in [4.78, 5) is 4.44. The smallest absolute Gasteiger partial charge is 0.237 e. The van der Waals surface area contributed by atoms with Gasteiger partial charge in [0.15, 0.2) is 0 Å². The first kappa shape index (κ1) is 11.8. The van der Waals surface area contributed by atoms with Gasteiger partial charge in [-0.25, -0.2) is 4.98 Å². The number of hydrogen-bond donors (Lipinski definition) is 1. The largest absolute Gasteiger partial charge is 0.474 e. The SMILES string of the molecule is Cc1c(C(C)(C)C)cnc2c1NC1(COC1)CO2. The highest BCUT2D eigenvalue weighted by atomic mass is 16.5. The Hall–Kier alpha value is -1.29. The minimum atomic E-state index is -0.0318. The van der Waals surface area contributed by atoms with Gasteiger partial charge in [0.25, 0.3) is 0 Å². The van der Waals surface area contributed by atoms with E-state index >= 15 is 0 Å². The second-order valence-corrected chi connectivity index (χ2v) is 6.41. The minimum Gasteiger partial charge on any atom is -0.474 e. The van der Waals surface area contributed by atoms with Crippen LogP contribution in [0.1, 0.15) is 31.9 Å². The van der Waals surface area contributed by atoms with Gasteiger partial charge in [-0.1, -0.05) is 20.8 Å². The third kappa shape index (κ3) is 1.67. The molecule has 1 saturated heterocycles. The summed E-state index contributed by atoms with van der Waals surface area (Å²) in [6.07, 6.45) is 1.94. The van der Waals surface area contributed by atoms with Gasteiger partial charge in [0.1, 0.15) is 17.8 Å². The third-order valence-electron chi connectivity index (χ3n) is 3.74. The van der Waals surface area contributed by atoms with E-state index in [1.54, 1.807) is 0 Å². The van der Waals surface area contributed by atoms with Crippen LogP contribution in [0.15, 0.2) is 6.20 Å². The predicted molar refractivity (Wildman–Crippen MR) is 70.3 cm³/mol. The van der Waals surface area contributed by atoms with Crippen molar-refractivity contribution in [3.05, 3.63) is 17.3 Å². The molecule has 0 unspecified atom stereocenters. The monoisotopic (exact) mass is 248 g/mol. The molecule has 1 aromatic rings. The van der Waals surface area contributed by atoms with Crippen LogP contribution >= 0.6 is 0 Å². The Morgan fingerprint density at radius 3 is 2.56 bits per heavy atom. The molecule has 2 aliphatic rings. The Labute approximate surface area is 108 Å². The van der Waals surface area contributed by atoms with Crippen LogP contribution in [-0.4, -0.2) is 30.3 Å². The molecule has 1 N–H and O–H groups in total. The Morgan fingerprint density at radius 1 is 1.28 bits per heavy atom. The predicted octanol–water partition coefficient (Wildman–Crippen LogP) is 2.26. The maximum atomic E-state index is 5.78. The van der Waals surface area contributed by atoms with Gasteiger partial charge in [0.2, 0.25) is 5.88 Å². The fourth-order valence-electron chi connectivity index (χ4n) is 2.60. The number of fused-ring (bicyclic) bond motifs is 1. The van der Waals surface area contributed by atoms with E-state index in [1.165, 1.54) is 11.1 Å². The summed E-state index contributed by atoms with van der Waals surface area (Å²) in [6.45, 7) is 10.8. The van der Waals surface area contributed by atoms with Gasteiger partial charge in [-0.15, -0.1) is 0 Å². The zero-order valence-electron chi connectivity index (χ0n) is 11.5. The molecule has 1 fully saturated rings. The van der Waals surface area contributed by atoms with Crippen molar-refractivity contribution in [2.75, 3.05) is 25.1 Å². The molecule has 0 atom stereocenters. The van der Waals surface area contributed by atoms with E-state index in [2.05, 4.69) is 38.0 Å². The van der Waals surface area contributed by atoms with E-state index in [-0.39, 0.29) is 11.0 Å². The second kappa shape index (κ2) is 3.60. The second-order valence-electron chi connectivity index (χ2n) is 6.41. The van der Waals surface area contributed by atoms with Crippen molar-refractivity contribution < 1.29 is 9.47 Å². The maximum absolute atomic E-state index is 5.78. The molecule has 98 valence electrons. The number of aromatic nitrogens is 1. The number of ether oxygens (including phenoxy) is 2. The molecule has 4 heteroatoms. The van der Waals surface area contributed by atoms with Crippen LogP contribution in [0.4, 0.5) is 5.69 Å². The van der Waals surface area contributed by atoms with Crippen molar-refractivity contribution >= 4 is 5.69 Å². The van der Waals surface area contributed by atoms with Crippen LogP contribution in [0.3, 0.4) is 0 Å². The zero-order valence-corrected chi connectivity index (χ0v) is 11.5. The first-order valence-corrected chi connectivity index (χ1v) is 6.40. The lowest BCUT2D eigenvalue weighted by molar-refractivity contribution is -0.0652. The number of pyridine rings is 1. The van der Waals surface area contributed by atoms with E-state index in [1.807, 2.05) is 6.20 Å². The molecule has 0 saturated carbocycles. The number of rotatable bonds is 0. The molecule has 0 bridgehead atoms. The first-order chi connectivity index (χ1) is 8.41. The lowest BCUT2D eigenvalue weighted by Gasteiger charge is -2.45. The van der Waals surface area contributed by atoms with E-state index in [9.17, 15) is 0 Å². The quantitative estimate of drug-likeness (QED) is 0.765. The standard InChI is InChI=1S/C14H20N2O2/c1-9-10(13(2,3)4)5-15-12-11(9)16-14(8-18-12)6-17-7-14/h5,16H,6-8H2,1-4H3. The number of hydrogen-bond acceptors (Lipinski definition) is 4. The van der Waals surface area contributed by atoms with Crippen molar-refractivity contribution in [1.82, 2.24) is 4.98 Å². The lowest BCUT2D eigenvalue weighted by Crippen LogP contribution is -2.61. The highest BCUT2D eigenvalue weighted by Crippen LogP contribution is 2.40. The van der Waals surface area contributed by atoms with E-state index < -0.39 is 0 Å². The van der Waals surface area contributed by atoms with Crippen LogP contribution in [-0.2, 0) is 10.2 Å². The molecule has 1 aromatic heterocycles. The molecule has 0 amide bonds. The van der Waals surface area contributed by atoms with Crippen LogP contribution in [0.5, 0.6) is 5.88 Å². The lowest BCUT2D eigenvalue weighted by atomic mass is 9.84. The number of anilines is 1. The molecule has 4 nitrogen and oxygen atoms in total. The van der Waals surface area contributed by atoms with Gasteiger partial charge in [0, 0.05) is 6.20 Å². The van der Waals surface area contributed by atoms with Gasteiger partial charge in [-0.05, 0) is 23.5 Å². The van der Waals surface area contributed by atoms with Crippen molar-refractivity contribution in [2.24, 2.45) is 0 Å². The zero-order chi connectivity index (χ0) is 13.0. The van der Waals surface area contributed by atoms with Crippen LogP contribution in [0, 0.1) is 6.92 Å². The first-order valence-electron chi connectivity index (χ1n) is 6.40. The number of nitrogens with one attached hydrogen (secondary N) is 1. The summed E-state index contributed by atoms with van der Waals surface area (Å²) in [5.41, 5.74) is 3.59. The van der Waals surface area contributed by atoms with Gasteiger partial charge in [-0.2, -0.15) is 0 Å². The molecule has 0 aliphatic carbocycles. The van der Waals surface area contributed by atoms with Crippen LogP contribution in [0.25, 0.3) is 0 Å². The fourth-order valence-corrected chi connectivity index (χ4v) is 2.60. The van der Waals surface area contributed by atoms with Crippen LogP contribution in [0.2, 0.25) is 0 Å². The van der Waals surface area contributed by atoms with Gasteiger partial charge < -0.3 is 14.8 Å². The molecule has 1 spiro atoms. The van der Waals surface area contributed by atoms with Crippen molar-refractivity contribution in [3.8, 4) is 5.88 Å².